The Kier molecular flexibility index (Phi) is 4.16. The number of hydrogen-bond donors (Lipinski definition) is 1. The van der Waals surface area contributed by atoms with Crippen LogP contribution in [0.2, 0.25) is 5.02 Å². The van der Waals surface area contributed by atoms with Gasteiger partial charge in [0.25, 0.3) is 5.69 Å². The molecule has 1 aliphatic rings. The Labute approximate surface area is 111 Å². The lowest BCUT2D eigenvalue weighted by atomic mass is 10.1. The van der Waals surface area contributed by atoms with Gasteiger partial charge >= 0.3 is 0 Å². The Morgan fingerprint density at radius 3 is 2.72 bits per heavy atom. The second-order valence-corrected chi connectivity index (χ2v) is 4.84. The summed E-state index contributed by atoms with van der Waals surface area (Å²) in [5.74, 6) is 0. The third kappa shape index (κ3) is 2.80. The van der Waals surface area contributed by atoms with Crippen molar-refractivity contribution in [1.29, 1.82) is 0 Å². The number of hydrogen-bond acceptors (Lipinski definition) is 4. The Morgan fingerprint density at radius 1 is 1.44 bits per heavy atom. The van der Waals surface area contributed by atoms with Gasteiger partial charge in [-0.05, 0) is 18.6 Å². The highest BCUT2D eigenvalue weighted by molar-refractivity contribution is 6.32. The minimum Gasteiger partial charge on any atom is -0.314 e. The number of piperazine rings is 1. The molecule has 0 radical (unpaired) electrons. The van der Waals surface area contributed by atoms with Gasteiger partial charge in [0.2, 0.25) is 0 Å². The number of nitrogens with zero attached hydrogens (tertiary/aromatic N) is 2. The predicted octanol–water partition coefficient (Wildman–Crippen LogP) is 2.21. The van der Waals surface area contributed by atoms with E-state index in [1.807, 2.05) is 6.07 Å². The molecule has 0 aromatic heterocycles. The van der Waals surface area contributed by atoms with Crippen LogP contribution in [-0.4, -0.2) is 36.0 Å². The van der Waals surface area contributed by atoms with Crippen molar-refractivity contribution in [2.75, 3.05) is 26.2 Å². The summed E-state index contributed by atoms with van der Waals surface area (Å²) in [6.45, 7) is 5.90. The Bertz CT molecular complexity index is 447. The van der Waals surface area contributed by atoms with Crippen LogP contribution in [0.25, 0.3) is 0 Å². The van der Waals surface area contributed by atoms with Gasteiger partial charge < -0.3 is 5.32 Å². The summed E-state index contributed by atoms with van der Waals surface area (Å²) in [6, 6.07) is 5.22. The molecule has 1 atom stereocenters. The van der Waals surface area contributed by atoms with Crippen LogP contribution in [0.4, 0.5) is 5.69 Å². The maximum Gasteiger partial charge on any atom is 0.288 e. The molecule has 18 heavy (non-hydrogen) atoms. The zero-order valence-electron chi connectivity index (χ0n) is 10.2. The molecule has 1 saturated heterocycles. The first-order chi connectivity index (χ1) is 8.59. The number of rotatable bonds is 3. The molecule has 1 aliphatic heterocycles. The van der Waals surface area contributed by atoms with Crippen molar-refractivity contribution < 1.29 is 4.92 Å². The molecule has 0 aliphatic carbocycles. The summed E-state index contributed by atoms with van der Waals surface area (Å²) >= 11 is 5.82. The Balaban J connectivity index is 2.21. The van der Waals surface area contributed by atoms with Crippen LogP contribution in [0.15, 0.2) is 18.2 Å². The predicted molar refractivity (Wildman–Crippen MR) is 71.0 cm³/mol. The monoisotopic (exact) mass is 269 g/mol. The molecule has 0 unspecified atom stereocenters. The number of nitro benzene ring substituents is 1. The van der Waals surface area contributed by atoms with E-state index in [2.05, 4.69) is 17.1 Å². The molecule has 0 bridgehead atoms. The van der Waals surface area contributed by atoms with E-state index in [1.54, 1.807) is 12.1 Å². The molecule has 0 saturated carbocycles. The highest BCUT2D eigenvalue weighted by Gasteiger charge is 2.21. The van der Waals surface area contributed by atoms with Crippen molar-refractivity contribution in [3.05, 3.63) is 38.9 Å². The fourth-order valence-electron chi connectivity index (χ4n) is 2.21. The second kappa shape index (κ2) is 5.65. The minimum atomic E-state index is -0.434. The summed E-state index contributed by atoms with van der Waals surface area (Å²) in [6.07, 6.45) is 0. The van der Waals surface area contributed by atoms with Crippen molar-refractivity contribution in [1.82, 2.24) is 10.2 Å². The standard InChI is InChI=1S/C12H16ClN3O2/c1-9(15-6-4-14-5-7-15)10-2-3-11(13)12(8-10)16(17)18/h2-3,8-9,14H,4-7H2,1H3/t9-/m0/s1. The van der Waals surface area contributed by atoms with E-state index in [0.29, 0.717) is 0 Å². The average molecular weight is 270 g/mol. The van der Waals surface area contributed by atoms with Crippen LogP contribution in [-0.2, 0) is 0 Å². The first-order valence-electron chi connectivity index (χ1n) is 5.98. The van der Waals surface area contributed by atoms with E-state index in [-0.39, 0.29) is 16.8 Å². The van der Waals surface area contributed by atoms with Gasteiger partial charge in [-0.25, -0.2) is 0 Å². The smallest absolute Gasteiger partial charge is 0.288 e. The van der Waals surface area contributed by atoms with Gasteiger partial charge in [-0.1, -0.05) is 17.7 Å². The van der Waals surface area contributed by atoms with Gasteiger partial charge in [0.15, 0.2) is 0 Å². The molecule has 98 valence electrons. The maximum atomic E-state index is 10.9. The lowest BCUT2D eigenvalue weighted by Gasteiger charge is -2.33. The van der Waals surface area contributed by atoms with Crippen LogP contribution >= 0.6 is 11.6 Å². The van der Waals surface area contributed by atoms with Crippen molar-refractivity contribution in [3.8, 4) is 0 Å². The largest absolute Gasteiger partial charge is 0.314 e. The molecule has 1 aromatic carbocycles. The fourth-order valence-corrected chi connectivity index (χ4v) is 2.40. The highest BCUT2D eigenvalue weighted by atomic mass is 35.5. The molecule has 2 rings (SSSR count). The SMILES string of the molecule is C[C@@H](c1ccc(Cl)c([N+](=O)[O-])c1)N1CCNCC1. The van der Waals surface area contributed by atoms with Gasteiger partial charge in [0, 0.05) is 38.3 Å². The third-order valence-electron chi connectivity index (χ3n) is 3.35. The van der Waals surface area contributed by atoms with Crippen LogP contribution < -0.4 is 5.32 Å². The van der Waals surface area contributed by atoms with E-state index < -0.39 is 4.92 Å². The molecule has 1 heterocycles. The summed E-state index contributed by atoms with van der Waals surface area (Å²) in [4.78, 5) is 12.7. The average Bonchev–Trinajstić information content (AvgIpc) is 2.39. The Hall–Kier alpha value is -1.17. The lowest BCUT2D eigenvalue weighted by molar-refractivity contribution is -0.384. The number of halogens is 1. The number of nitrogens with one attached hydrogen (secondary N) is 1. The quantitative estimate of drug-likeness (QED) is 0.675. The molecule has 0 amide bonds. The molecular weight excluding hydrogens is 254 g/mol. The normalized spacial score (nSPS) is 18.6. The first kappa shape index (κ1) is 13.3. The summed E-state index contributed by atoms with van der Waals surface area (Å²) in [7, 11) is 0. The first-order valence-corrected chi connectivity index (χ1v) is 6.36. The van der Waals surface area contributed by atoms with E-state index in [1.165, 1.54) is 0 Å². The van der Waals surface area contributed by atoms with Gasteiger partial charge in [-0.2, -0.15) is 0 Å². The maximum absolute atomic E-state index is 10.9. The minimum absolute atomic E-state index is 0.0175. The van der Waals surface area contributed by atoms with Gasteiger partial charge in [0.1, 0.15) is 5.02 Å². The zero-order chi connectivity index (χ0) is 13.1. The molecule has 1 N–H and O–H groups in total. The molecule has 6 heteroatoms. The zero-order valence-corrected chi connectivity index (χ0v) is 11.0. The van der Waals surface area contributed by atoms with E-state index in [4.69, 9.17) is 11.6 Å². The molecule has 0 spiro atoms. The summed E-state index contributed by atoms with van der Waals surface area (Å²) in [5, 5.41) is 14.4. The third-order valence-corrected chi connectivity index (χ3v) is 3.67. The van der Waals surface area contributed by atoms with E-state index >= 15 is 0 Å². The van der Waals surface area contributed by atoms with Gasteiger partial charge in [-0.15, -0.1) is 0 Å². The van der Waals surface area contributed by atoms with E-state index in [9.17, 15) is 10.1 Å². The van der Waals surface area contributed by atoms with Crippen LogP contribution in [0.1, 0.15) is 18.5 Å². The molecule has 1 aromatic rings. The van der Waals surface area contributed by atoms with Crippen molar-refractivity contribution in [2.24, 2.45) is 0 Å². The van der Waals surface area contributed by atoms with E-state index in [0.717, 1.165) is 31.7 Å². The molecular formula is C12H16ClN3O2. The topological polar surface area (TPSA) is 58.4 Å². The van der Waals surface area contributed by atoms with Crippen molar-refractivity contribution >= 4 is 17.3 Å². The second-order valence-electron chi connectivity index (χ2n) is 4.43. The molecule has 5 nitrogen and oxygen atoms in total. The van der Waals surface area contributed by atoms with Crippen molar-refractivity contribution in [2.45, 2.75) is 13.0 Å². The van der Waals surface area contributed by atoms with Crippen LogP contribution in [0, 0.1) is 10.1 Å². The number of benzene rings is 1. The highest BCUT2D eigenvalue weighted by Crippen LogP contribution is 2.29. The van der Waals surface area contributed by atoms with Crippen molar-refractivity contribution in [3.63, 3.8) is 0 Å². The van der Waals surface area contributed by atoms with Gasteiger partial charge in [0.05, 0.1) is 4.92 Å². The summed E-state index contributed by atoms with van der Waals surface area (Å²) in [5.41, 5.74) is 0.921. The Morgan fingerprint density at radius 2 is 2.11 bits per heavy atom. The number of nitro groups is 1. The molecule has 1 fully saturated rings. The fraction of sp³-hybridized carbons (Fsp3) is 0.500. The summed E-state index contributed by atoms with van der Waals surface area (Å²) < 4.78 is 0. The van der Waals surface area contributed by atoms with Crippen LogP contribution in [0.5, 0.6) is 0 Å². The lowest BCUT2D eigenvalue weighted by Crippen LogP contribution is -2.44. The van der Waals surface area contributed by atoms with Crippen LogP contribution in [0.3, 0.4) is 0 Å². The van der Waals surface area contributed by atoms with Gasteiger partial charge in [-0.3, -0.25) is 15.0 Å².